The number of amides is 2. The molecule has 1 aromatic heterocycles. The van der Waals surface area contributed by atoms with Crippen LogP contribution in [-0.4, -0.2) is 36.1 Å². The van der Waals surface area contributed by atoms with Crippen molar-refractivity contribution >= 4 is 11.8 Å². The lowest BCUT2D eigenvalue weighted by Gasteiger charge is -2.10. The van der Waals surface area contributed by atoms with E-state index >= 15 is 0 Å². The number of hydrogen-bond donors (Lipinski definition) is 2. The third-order valence-corrected chi connectivity index (χ3v) is 4.18. The second kappa shape index (κ2) is 6.87. The molecule has 1 saturated heterocycles. The van der Waals surface area contributed by atoms with Gasteiger partial charge in [-0.1, -0.05) is 6.07 Å². The number of nitrogens with zero attached hydrogens (tertiary/aromatic N) is 1. The van der Waals surface area contributed by atoms with Crippen LogP contribution in [0.4, 0.5) is 0 Å². The molecule has 1 aliphatic carbocycles. The Balaban J connectivity index is 1.37. The molecule has 6 nitrogen and oxygen atoms in total. The number of carbonyl (C=O) groups excluding carboxylic acids is 2. The number of rotatable bonds is 6. The normalized spacial score (nSPS) is 26.5. The first kappa shape index (κ1) is 15.0. The lowest BCUT2D eigenvalue weighted by Crippen LogP contribution is -2.34. The van der Waals surface area contributed by atoms with E-state index in [0.717, 1.165) is 25.0 Å². The molecule has 1 aromatic rings. The maximum absolute atomic E-state index is 12.0. The Hall–Kier alpha value is -1.95. The summed E-state index contributed by atoms with van der Waals surface area (Å²) in [6, 6.07) is 3.74. The summed E-state index contributed by atoms with van der Waals surface area (Å²) in [6.07, 6.45) is 6.25. The summed E-state index contributed by atoms with van der Waals surface area (Å²) >= 11 is 0. The molecule has 22 heavy (non-hydrogen) atoms. The molecule has 0 radical (unpaired) electrons. The van der Waals surface area contributed by atoms with Crippen molar-refractivity contribution in [3.05, 3.63) is 30.1 Å². The Morgan fingerprint density at radius 2 is 2.09 bits per heavy atom. The average molecular weight is 303 g/mol. The quantitative estimate of drug-likeness (QED) is 0.808. The fourth-order valence-corrected chi connectivity index (χ4v) is 2.75. The molecule has 118 valence electrons. The highest BCUT2D eigenvalue weighted by molar-refractivity contribution is 5.92. The summed E-state index contributed by atoms with van der Waals surface area (Å²) < 4.78 is 5.47. The standard InChI is InChI=1S/C16H21N3O3/c20-15(18-9-11-3-1-5-17-8-11)13-7-14(13)16(21)19-10-12-4-2-6-22-12/h1,3,5,8,12-14H,2,4,6-7,9-10H2,(H,18,20)(H,19,21). The first-order chi connectivity index (χ1) is 10.7. The van der Waals surface area contributed by atoms with Crippen molar-refractivity contribution in [2.45, 2.75) is 31.9 Å². The number of nitrogens with one attached hydrogen (secondary N) is 2. The minimum atomic E-state index is -0.193. The van der Waals surface area contributed by atoms with Gasteiger partial charge in [-0.25, -0.2) is 0 Å². The van der Waals surface area contributed by atoms with Crippen LogP contribution in [-0.2, 0) is 20.9 Å². The van der Waals surface area contributed by atoms with Crippen LogP contribution in [0.15, 0.2) is 24.5 Å². The van der Waals surface area contributed by atoms with E-state index in [-0.39, 0.29) is 29.8 Å². The highest BCUT2D eigenvalue weighted by atomic mass is 16.5. The number of ether oxygens (including phenoxy) is 1. The summed E-state index contributed by atoms with van der Waals surface area (Å²) in [5.41, 5.74) is 0.955. The van der Waals surface area contributed by atoms with Gasteiger partial charge in [0.1, 0.15) is 0 Å². The second-order valence-corrected chi connectivity index (χ2v) is 5.91. The largest absolute Gasteiger partial charge is 0.376 e. The molecule has 3 rings (SSSR count). The number of pyridine rings is 1. The fourth-order valence-electron chi connectivity index (χ4n) is 2.75. The molecule has 2 N–H and O–H groups in total. The zero-order valence-corrected chi connectivity index (χ0v) is 12.5. The van der Waals surface area contributed by atoms with Crippen molar-refractivity contribution in [1.82, 2.24) is 15.6 Å². The molecule has 2 aliphatic rings. The van der Waals surface area contributed by atoms with Gasteiger partial charge < -0.3 is 15.4 Å². The first-order valence-electron chi connectivity index (χ1n) is 7.80. The lowest BCUT2D eigenvalue weighted by atomic mass is 10.2. The summed E-state index contributed by atoms with van der Waals surface area (Å²) in [5, 5.41) is 5.75. The van der Waals surface area contributed by atoms with Gasteiger partial charge >= 0.3 is 0 Å². The van der Waals surface area contributed by atoms with E-state index in [1.807, 2.05) is 12.1 Å². The van der Waals surface area contributed by atoms with Gasteiger partial charge in [-0.3, -0.25) is 14.6 Å². The molecule has 1 saturated carbocycles. The van der Waals surface area contributed by atoms with Crippen LogP contribution in [0.3, 0.4) is 0 Å². The molecule has 2 fully saturated rings. The lowest BCUT2D eigenvalue weighted by molar-refractivity contribution is -0.127. The summed E-state index contributed by atoms with van der Waals surface area (Å²) in [4.78, 5) is 28.0. The van der Waals surface area contributed by atoms with Crippen LogP contribution < -0.4 is 10.6 Å². The highest BCUT2D eigenvalue weighted by Gasteiger charge is 2.47. The molecule has 3 unspecified atom stereocenters. The van der Waals surface area contributed by atoms with Crippen molar-refractivity contribution in [2.75, 3.05) is 13.2 Å². The van der Waals surface area contributed by atoms with Crippen molar-refractivity contribution < 1.29 is 14.3 Å². The van der Waals surface area contributed by atoms with Gasteiger partial charge in [0.05, 0.1) is 17.9 Å². The molecule has 2 heterocycles. The summed E-state index contributed by atoms with van der Waals surface area (Å²) in [7, 11) is 0. The van der Waals surface area contributed by atoms with Crippen LogP contribution in [0, 0.1) is 11.8 Å². The average Bonchev–Trinajstić information content (AvgIpc) is 3.19. The zero-order valence-electron chi connectivity index (χ0n) is 12.5. The van der Waals surface area contributed by atoms with Crippen molar-refractivity contribution in [1.29, 1.82) is 0 Å². The Morgan fingerprint density at radius 3 is 2.77 bits per heavy atom. The highest BCUT2D eigenvalue weighted by Crippen LogP contribution is 2.38. The van der Waals surface area contributed by atoms with E-state index in [1.54, 1.807) is 12.4 Å². The van der Waals surface area contributed by atoms with Crippen LogP contribution in [0.1, 0.15) is 24.8 Å². The Kier molecular flexibility index (Phi) is 4.68. The molecule has 3 atom stereocenters. The van der Waals surface area contributed by atoms with E-state index in [0.29, 0.717) is 19.5 Å². The van der Waals surface area contributed by atoms with Crippen LogP contribution in [0.25, 0.3) is 0 Å². The Morgan fingerprint density at radius 1 is 1.27 bits per heavy atom. The van der Waals surface area contributed by atoms with E-state index in [9.17, 15) is 9.59 Å². The Labute approximate surface area is 129 Å². The zero-order chi connectivity index (χ0) is 15.4. The topological polar surface area (TPSA) is 80.3 Å². The van der Waals surface area contributed by atoms with Gasteiger partial charge in [-0.2, -0.15) is 0 Å². The minimum Gasteiger partial charge on any atom is -0.376 e. The Bertz CT molecular complexity index is 529. The molecule has 6 heteroatoms. The monoisotopic (exact) mass is 303 g/mol. The fraction of sp³-hybridized carbons (Fsp3) is 0.562. The van der Waals surface area contributed by atoms with Crippen molar-refractivity contribution in [3.63, 3.8) is 0 Å². The number of hydrogen-bond acceptors (Lipinski definition) is 4. The smallest absolute Gasteiger partial charge is 0.224 e. The molecular formula is C16H21N3O3. The van der Waals surface area contributed by atoms with Crippen molar-refractivity contribution in [3.8, 4) is 0 Å². The maximum atomic E-state index is 12.0. The van der Waals surface area contributed by atoms with Crippen LogP contribution in [0.2, 0.25) is 0 Å². The van der Waals surface area contributed by atoms with Crippen LogP contribution >= 0.6 is 0 Å². The number of aromatic nitrogens is 1. The van der Waals surface area contributed by atoms with Gasteiger partial charge in [0.25, 0.3) is 0 Å². The molecule has 2 amide bonds. The van der Waals surface area contributed by atoms with E-state index in [2.05, 4.69) is 15.6 Å². The predicted octanol–water partition coefficient (Wildman–Crippen LogP) is 0.629. The van der Waals surface area contributed by atoms with Gasteiger partial charge in [0.15, 0.2) is 0 Å². The van der Waals surface area contributed by atoms with Gasteiger partial charge in [-0.15, -0.1) is 0 Å². The van der Waals surface area contributed by atoms with Crippen molar-refractivity contribution in [2.24, 2.45) is 11.8 Å². The van der Waals surface area contributed by atoms with E-state index < -0.39 is 0 Å². The predicted molar refractivity (Wildman–Crippen MR) is 79.7 cm³/mol. The number of carbonyl (C=O) groups is 2. The van der Waals surface area contributed by atoms with Gasteiger partial charge in [-0.05, 0) is 30.9 Å². The molecule has 0 aromatic carbocycles. The molecule has 1 aliphatic heterocycles. The SMILES string of the molecule is O=C(NCc1cccnc1)C1CC1C(=O)NCC1CCCO1. The second-order valence-electron chi connectivity index (χ2n) is 5.91. The van der Waals surface area contributed by atoms with Crippen LogP contribution in [0.5, 0.6) is 0 Å². The third-order valence-electron chi connectivity index (χ3n) is 4.18. The maximum Gasteiger partial charge on any atom is 0.224 e. The van der Waals surface area contributed by atoms with Gasteiger partial charge in [0, 0.05) is 32.1 Å². The van der Waals surface area contributed by atoms with Gasteiger partial charge in [0.2, 0.25) is 11.8 Å². The molecular weight excluding hydrogens is 282 g/mol. The summed E-state index contributed by atoms with van der Waals surface area (Å²) in [5.74, 6) is -0.463. The minimum absolute atomic E-state index is 0.0305. The molecule has 0 bridgehead atoms. The summed E-state index contributed by atoms with van der Waals surface area (Å²) in [6.45, 7) is 1.79. The van der Waals surface area contributed by atoms with E-state index in [1.165, 1.54) is 0 Å². The first-order valence-corrected chi connectivity index (χ1v) is 7.80. The third kappa shape index (κ3) is 3.82. The molecule has 0 spiro atoms. The van der Waals surface area contributed by atoms with E-state index in [4.69, 9.17) is 4.74 Å².